The van der Waals surface area contributed by atoms with E-state index in [9.17, 15) is 0 Å². The molecule has 0 spiro atoms. The molecule has 0 heterocycles. The van der Waals surface area contributed by atoms with Crippen LogP contribution in [0.2, 0.25) is 10.6 Å². The molecule has 0 saturated carbocycles. The molecule has 7 heavy (non-hydrogen) atoms. The van der Waals surface area contributed by atoms with Gasteiger partial charge in [0.15, 0.2) is 15.2 Å². The quantitative estimate of drug-likeness (QED) is 0.392. The summed E-state index contributed by atoms with van der Waals surface area (Å²) in [7, 11) is 0. The summed E-state index contributed by atoms with van der Waals surface area (Å²) in [6.07, 6.45) is 0. The standard InChI is InChI=1S/2C2H5.Al.Li.H2O/c2*1-2;;;/h2*1H2,2H3;;;1H2/q;;;+1;/p-1. The van der Waals surface area contributed by atoms with Crippen molar-refractivity contribution in [3.05, 3.63) is 0 Å². The van der Waals surface area contributed by atoms with Crippen molar-refractivity contribution in [1.82, 2.24) is 0 Å². The Bertz CT molecular complexity index is 19.2. The summed E-state index contributed by atoms with van der Waals surface area (Å²) in [5, 5.41) is 2.85. The van der Waals surface area contributed by atoms with E-state index in [1.54, 1.807) is 0 Å². The third-order valence-electron chi connectivity index (χ3n) is 0.577. The molecule has 0 atom stereocenters. The fourth-order valence-corrected chi connectivity index (χ4v) is 0.866. The van der Waals surface area contributed by atoms with E-state index in [-0.39, 0.29) is 24.3 Å². The normalized spacial score (nSPS) is 5.43. The van der Waals surface area contributed by atoms with Crippen LogP contribution < -0.4 is 18.9 Å². The van der Waals surface area contributed by atoms with Crippen molar-refractivity contribution in [2.24, 2.45) is 0 Å². The maximum Gasteiger partial charge on any atom is 1.00 e. The first kappa shape index (κ1) is 15.7. The first-order valence-electron chi connectivity index (χ1n) is 2.23. The third kappa shape index (κ3) is 19.2. The maximum absolute atomic E-state index is 2.25. The van der Waals surface area contributed by atoms with Crippen molar-refractivity contribution in [3.63, 3.8) is 0 Å². The Hall–Kier alpha value is 1.09. The van der Waals surface area contributed by atoms with Crippen LogP contribution >= 0.6 is 0 Å². The van der Waals surface area contributed by atoms with Gasteiger partial charge in [-0.1, -0.05) is 13.8 Å². The van der Waals surface area contributed by atoms with Crippen LogP contribution in [0.15, 0.2) is 0 Å². The van der Waals surface area contributed by atoms with Gasteiger partial charge < -0.3 is 5.48 Å². The van der Waals surface area contributed by atoms with Crippen LogP contribution in [0.3, 0.4) is 0 Å². The third-order valence-corrected chi connectivity index (χ3v) is 1.73. The minimum Gasteiger partial charge on any atom is -0.870 e. The SMILES string of the molecule is C[CH2][Al][CH2]C.[Li+].[OH-]. The van der Waals surface area contributed by atoms with Gasteiger partial charge in [0.25, 0.3) is 0 Å². The smallest absolute Gasteiger partial charge is 0.870 e. The maximum atomic E-state index is 2.25. The van der Waals surface area contributed by atoms with E-state index in [1.165, 1.54) is 10.6 Å². The molecule has 0 aromatic heterocycles. The van der Waals surface area contributed by atoms with Crippen LogP contribution in [0.4, 0.5) is 0 Å². The Labute approximate surface area is 64.1 Å². The summed E-state index contributed by atoms with van der Waals surface area (Å²) in [4.78, 5) is 0. The van der Waals surface area contributed by atoms with Crippen molar-refractivity contribution in [1.29, 1.82) is 0 Å². The second-order valence-corrected chi connectivity index (χ2v) is 3.32. The summed E-state index contributed by atoms with van der Waals surface area (Å²) in [5.74, 6) is 0. The largest absolute Gasteiger partial charge is 1.00 e. The molecule has 0 aliphatic rings. The molecule has 0 aliphatic carbocycles. The van der Waals surface area contributed by atoms with Crippen LogP contribution in [0, 0.1) is 0 Å². The number of rotatable bonds is 2. The van der Waals surface area contributed by atoms with Gasteiger partial charge in [-0.25, -0.2) is 0 Å². The summed E-state index contributed by atoms with van der Waals surface area (Å²) in [6, 6.07) is 0. The van der Waals surface area contributed by atoms with Crippen LogP contribution in [0.25, 0.3) is 0 Å². The average Bonchev–Trinajstić information content (AvgIpc) is 1.41. The van der Waals surface area contributed by atoms with Crippen LogP contribution in [0.1, 0.15) is 13.8 Å². The van der Waals surface area contributed by atoms with E-state index in [1.807, 2.05) is 0 Å². The summed E-state index contributed by atoms with van der Waals surface area (Å²) < 4.78 is 0. The molecule has 3 heteroatoms. The van der Waals surface area contributed by atoms with Gasteiger partial charge in [0.05, 0.1) is 0 Å². The molecule has 0 bridgehead atoms. The zero-order valence-corrected chi connectivity index (χ0v) is 6.59. The van der Waals surface area contributed by atoms with Gasteiger partial charge in [-0.05, 0) is 0 Å². The molecule has 0 amide bonds. The van der Waals surface area contributed by atoms with Gasteiger partial charge in [0, 0.05) is 0 Å². The number of hydrogen-bond acceptors (Lipinski definition) is 1. The fourth-order valence-electron chi connectivity index (χ4n) is 0.289. The van der Waals surface area contributed by atoms with Gasteiger partial charge in [0.2, 0.25) is 0 Å². The molecule has 0 aromatic carbocycles. The van der Waals surface area contributed by atoms with E-state index in [2.05, 4.69) is 13.8 Å². The molecular formula is C4H11AlLiO. The molecule has 0 fully saturated rings. The van der Waals surface area contributed by atoms with Gasteiger partial charge >= 0.3 is 18.9 Å². The van der Waals surface area contributed by atoms with Crippen molar-refractivity contribution >= 4 is 15.2 Å². The zero-order chi connectivity index (χ0) is 4.12. The first-order valence-corrected chi connectivity index (χ1v) is 3.86. The van der Waals surface area contributed by atoms with E-state index < -0.39 is 0 Å². The minimum absolute atomic E-state index is 0. The molecule has 1 nitrogen and oxygen atoms in total. The van der Waals surface area contributed by atoms with E-state index in [4.69, 9.17) is 0 Å². The van der Waals surface area contributed by atoms with E-state index in [0.717, 1.165) is 15.2 Å². The predicted molar refractivity (Wildman–Crippen MR) is 28.7 cm³/mol. The van der Waals surface area contributed by atoms with E-state index in [0.29, 0.717) is 0 Å². The number of hydrogen-bond donors (Lipinski definition) is 0. The minimum atomic E-state index is 0. The Morgan fingerprint density at radius 2 is 1.43 bits per heavy atom. The molecule has 1 N–H and O–H groups in total. The Morgan fingerprint density at radius 3 is 1.43 bits per heavy atom. The molecule has 1 radical (unpaired) electrons. The Balaban J connectivity index is -0.0000000800. The molecule has 0 saturated heterocycles. The van der Waals surface area contributed by atoms with Crippen LogP contribution in [-0.2, 0) is 0 Å². The molecule has 0 unspecified atom stereocenters. The molecular weight excluding hydrogens is 98.0 g/mol. The molecule has 0 rings (SSSR count). The summed E-state index contributed by atoms with van der Waals surface area (Å²) >= 11 is 0.815. The summed E-state index contributed by atoms with van der Waals surface area (Å²) in [6.45, 7) is 4.50. The van der Waals surface area contributed by atoms with Crippen LogP contribution in [0.5, 0.6) is 0 Å². The molecule has 0 aromatic rings. The van der Waals surface area contributed by atoms with Crippen molar-refractivity contribution in [3.8, 4) is 0 Å². The summed E-state index contributed by atoms with van der Waals surface area (Å²) in [5.41, 5.74) is 0. The molecule has 0 aliphatic heterocycles. The Kier molecular flexibility index (Phi) is 35.2. The predicted octanol–water partition coefficient (Wildman–Crippen LogP) is -1.61. The first-order chi connectivity index (χ1) is 2.41. The second kappa shape index (κ2) is 15.7. The fraction of sp³-hybridized carbons (Fsp3) is 1.00. The van der Waals surface area contributed by atoms with Crippen molar-refractivity contribution in [2.45, 2.75) is 24.4 Å². The zero-order valence-electron chi connectivity index (χ0n) is 5.44. The van der Waals surface area contributed by atoms with Crippen molar-refractivity contribution < 1.29 is 24.3 Å². The Morgan fingerprint density at radius 1 is 1.14 bits per heavy atom. The monoisotopic (exact) mass is 109 g/mol. The van der Waals surface area contributed by atoms with Crippen molar-refractivity contribution in [2.75, 3.05) is 0 Å². The van der Waals surface area contributed by atoms with Gasteiger partial charge in [-0.2, -0.15) is 0 Å². The van der Waals surface area contributed by atoms with Gasteiger partial charge in [0.1, 0.15) is 0 Å². The second-order valence-electron chi connectivity index (χ2n) is 1.11. The van der Waals surface area contributed by atoms with Gasteiger partial charge in [-0.3, -0.25) is 0 Å². The van der Waals surface area contributed by atoms with E-state index >= 15 is 0 Å². The van der Waals surface area contributed by atoms with Gasteiger partial charge in [-0.15, -0.1) is 10.6 Å². The van der Waals surface area contributed by atoms with Crippen LogP contribution in [-0.4, -0.2) is 20.7 Å². The average molecular weight is 109 g/mol. The topological polar surface area (TPSA) is 30.0 Å². The molecule has 37 valence electrons.